The van der Waals surface area contributed by atoms with E-state index in [1.807, 2.05) is 24.8 Å². The molecule has 0 saturated carbocycles. The fraction of sp³-hybridized carbons (Fsp3) is 0.478. The van der Waals surface area contributed by atoms with Crippen LogP contribution in [0.1, 0.15) is 62.5 Å². The Bertz CT molecular complexity index is 991. The number of furan rings is 1. The number of hydrogen-bond donors (Lipinski definition) is 1. The average Bonchev–Trinajstić information content (AvgIpc) is 3.29. The third kappa shape index (κ3) is 3.58. The first-order valence-electron chi connectivity index (χ1n) is 10.2. The first-order chi connectivity index (χ1) is 13.4. The fourth-order valence-electron chi connectivity index (χ4n) is 4.06. The number of benzene rings is 1. The number of phenols is 1. The number of hydrogen-bond acceptors (Lipinski definition) is 4. The molecule has 4 rings (SSSR count). The van der Waals surface area contributed by atoms with Gasteiger partial charge in [-0.05, 0) is 37.2 Å². The molecule has 5 nitrogen and oxygen atoms in total. The summed E-state index contributed by atoms with van der Waals surface area (Å²) in [4.78, 5) is 8.71. The minimum atomic E-state index is -0.171. The minimum absolute atomic E-state index is 0.171. The summed E-state index contributed by atoms with van der Waals surface area (Å²) in [5.41, 5.74) is 3.70. The van der Waals surface area contributed by atoms with Crippen LogP contribution in [0.5, 0.6) is 5.75 Å². The number of aliphatic imine (C=N–C) groups is 1. The van der Waals surface area contributed by atoms with E-state index in [1.165, 1.54) is 18.4 Å². The molecule has 5 heteroatoms. The van der Waals surface area contributed by atoms with E-state index in [9.17, 15) is 5.11 Å². The molecule has 0 fully saturated rings. The highest BCUT2D eigenvalue weighted by Crippen LogP contribution is 2.42. The van der Waals surface area contributed by atoms with Crippen LogP contribution in [0, 0.1) is 0 Å². The van der Waals surface area contributed by atoms with E-state index in [0.29, 0.717) is 12.3 Å². The third-order valence-electron chi connectivity index (χ3n) is 5.54. The molecule has 0 atom stereocenters. The molecule has 0 amide bonds. The number of imidazole rings is 1. The second-order valence-electron chi connectivity index (χ2n) is 8.71. The summed E-state index contributed by atoms with van der Waals surface area (Å²) >= 11 is 0. The molecule has 0 radical (unpaired) electrons. The topological polar surface area (TPSA) is 63.5 Å². The Morgan fingerprint density at radius 1 is 1.29 bits per heavy atom. The predicted octanol–water partition coefficient (Wildman–Crippen LogP) is 5.02. The summed E-state index contributed by atoms with van der Waals surface area (Å²) in [6.45, 7) is 7.94. The van der Waals surface area contributed by atoms with Crippen molar-refractivity contribution in [3.8, 4) is 5.75 Å². The first kappa shape index (κ1) is 18.8. The Morgan fingerprint density at radius 2 is 2.11 bits per heavy atom. The van der Waals surface area contributed by atoms with Gasteiger partial charge in [-0.15, -0.1) is 0 Å². The number of nitrogens with zero attached hydrogens (tertiary/aromatic N) is 3. The van der Waals surface area contributed by atoms with E-state index in [0.717, 1.165) is 53.7 Å². The molecule has 0 bridgehead atoms. The van der Waals surface area contributed by atoms with Crippen molar-refractivity contribution in [3.63, 3.8) is 0 Å². The summed E-state index contributed by atoms with van der Waals surface area (Å²) in [7, 11) is 0. The highest BCUT2D eigenvalue weighted by Gasteiger charge is 2.27. The lowest BCUT2D eigenvalue weighted by atomic mass is 9.83. The monoisotopic (exact) mass is 379 g/mol. The largest absolute Gasteiger partial charge is 0.507 e. The Labute approximate surface area is 166 Å². The molecule has 1 N–H and O–H groups in total. The highest BCUT2D eigenvalue weighted by molar-refractivity contribution is 6.03. The van der Waals surface area contributed by atoms with E-state index in [2.05, 4.69) is 35.3 Å². The first-order valence-corrected chi connectivity index (χ1v) is 10.2. The molecule has 3 aromatic rings. The quantitative estimate of drug-likeness (QED) is 0.500. The number of aryl methyl sites for hydroxylation is 3. The van der Waals surface area contributed by atoms with Gasteiger partial charge in [0, 0.05) is 60.2 Å². The van der Waals surface area contributed by atoms with Gasteiger partial charge in [-0.1, -0.05) is 20.8 Å². The van der Waals surface area contributed by atoms with Crippen molar-refractivity contribution in [2.75, 3.05) is 6.54 Å². The normalized spacial score (nSPS) is 14.8. The molecule has 0 unspecified atom stereocenters. The molecular weight excluding hydrogens is 350 g/mol. The standard InChI is InChI=1S/C23H29N3O2/c1-23(2,3)18-13-20-21(16-7-4-5-8-19(16)28-20)17(22(18)27)14-24-9-6-11-26-12-10-25-15-26/h10,12-15,27H,4-9,11H2,1-3H3. The summed E-state index contributed by atoms with van der Waals surface area (Å²) < 4.78 is 8.27. The van der Waals surface area contributed by atoms with Crippen molar-refractivity contribution >= 4 is 17.2 Å². The van der Waals surface area contributed by atoms with Crippen molar-refractivity contribution in [2.45, 2.75) is 64.8 Å². The maximum Gasteiger partial charge on any atom is 0.135 e. The fourth-order valence-corrected chi connectivity index (χ4v) is 4.06. The Balaban J connectivity index is 1.68. The van der Waals surface area contributed by atoms with Crippen molar-refractivity contribution in [3.05, 3.63) is 47.2 Å². The summed E-state index contributed by atoms with van der Waals surface area (Å²) in [5, 5.41) is 12.2. The number of phenolic OH excluding ortho intramolecular Hbond substituents is 1. The number of aromatic hydroxyl groups is 1. The molecule has 0 spiro atoms. The molecule has 28 heavy (non-hydrogen) atoms. The van der Waals surface area contributed by atoms with Crippen LogP contribution in [0.2, 0.25) is 0 Å². The van der Waals surface area contributed by atoms with Crippen molar-refractivity contribution in [1.29, 1.82) is 0 Å². The SMILES string of the molecule is CC(C)(C)c1cc2oc3c(c2c(C=NCCCn2ccnc2)c1O)CCCC3. The van der Waals surface area contributed by atoms with E-state index < -0.39 is 0 Å². The van der Waals surface area contributed by atoms with Crippen LogP contribution in [-0.4, -0.2) is 27.4 Å². The molecule has 0 aliphatic heterocycles. The van der Waals surface area contributed by atoms with Crippen LogP contribution >= 0.6 is 0 Å². The smallest absolute Gasteiger partial charge is 0.135 e. The highest BCUT2D eigenvalue weighted by atomic mass is 16.3. The molecule has 0 saturated heterocycles. The summed E-state index contributed by atoms with van der Waals surface area (Å²) in [6, 6.07) is 2.03. The van der Waals surface area contributed by atoms with Gasteiger partial charge in [0.25, 0.3) is 0 Å². The maximum atomic E-state index is 11.1. The molecule has 2 aromatic heterocycles. The second-order valence-corrected chi connectivity index (χ2v) is 8.71. The zero-order chi connectivity index (χ0) is 19.7. The van der Waals surface area contributed by atoms with Crippen LogP contribution in [0.25, 0.3) is 11.0 Å². The molecular formula is C23H29N3O2. The zero-order valence-electron chi connectivity index (χ0n) is 17.0. The van der Waals surface area contributed by atoms with Crippen LogP contribution in [0.3, 0.4) is 0 Å². The van der Waals surface area contributed by atoms with Gasteiger partial charge < -0.3 is 14.1 Å². The number of aromatic nitrogens is 2. The molecule has 1 aromatic carbocycles. The van der Waals surface area contributed by atoms with Crippen LogP contribution in [-0.2, 0) is 24.8 Å². The molecule has 2 heterocycles. The van der Waals surface area contributed by atoms with E-state index in [-0.39, 0.29) is 5.41 Å². The third-order valence-corrected chi connectivity index (χ3v) is 5.54. The predicted molar refractivity (Wildman–Crippen MR) is 113 cm³/mol. The van der Waals surface area contributed by atoms with Gasteiger partial charge in [0.15, 0.2) is 0 Å². The van der Waals surface area contributed by atoms with Crippen molar-refractivity contribution in [1.82, 2.24) is 9.55 Å². The van der Waals surface area contributed by atoms with Crippen LogP contribution < -0.4 is 0 Å². The number of rotatable bonds is 5. The maximum absolute atomic E-state index is 11.1. The zero-order valence-corrected chi connectivity index (χ0v) is 17.0. The van der Waals surface area contributed by atoms with Gasteiger partial charge in [0.2, 0.25) is 0 Å². The molecule has 1 aliphatic rings. The van der Waals surface area contributed by atoms with E-state index >= 15 is 0 Å². The Hall–Kier alpha value is -2.56. The summed E-state index contributed by atoms with van der Waals surface area (Å²) in [6.07, 6.45) is 12.7. The van der Waals surface area contributed by atoms with Gasteiger partial charge in [-0.25, -0.2) is 4.98 Å². The van der Waals surface area contributed by atoms with Gasteiger partial charge in [-0.3, -0.25) is 4.99 Å². The van der Waals surface area contributed by atoms with Crippen LogP contribution in [0.15, 0.2) is 34.2 Å². The Morgan fingerprint density at radius 3 is 2.86 bits per heavy atom. The van der Waals surface area contributed by atoms with E-state index in [4.69, 9.17) is 4.42 Å². The van der Waals surface area contributed by atoms with Crippen molar-refractivity contribution in [2.24, 2.45) is 4.99 Å². The van der Waals surface area contributed by atoms with Gasteiger partial charge in [-0.2, -0.15) is 0 Å². The van der Waals surface area contributed by atoms with Crippen molar-refractivity contribution < 1.29 is 9.52 Å². The van der Waals surface area contributed by atoms with Crippen LogP contribution in [0.4, 0.5) is 0 Å². The van der Waals surface area contributed by atoms with E-state index in [1.54, 1.807) is 6.20 Å². The lowest BCUT2D eigenvalue weighted by Gasteiger charge is -2.21. The van der Waals surface area contributed by atoms with Gasteiger partial charge in [0.1, 0.15) is 17.1 Å². The van der Waals surface area contributed by atoms with Gasteiger partial charge in [0.05, 0.1) is 6.33 Å². The van der Waals surface area contributed by atoms with Gasteiger partial charge >= 0.3 is 0 Å². The molecule has 148 valence electrons. The second kappa shape index (κ2) is 7.46. The molecule has 1 aliphatic carbocycles. The number of fused-ring (bicyclic) bond motifs is 3. The average molecular weight is 380 g/mol. The lowest BCUT2D eigenvalue weighted by Crippen LogP contribution is -2.12. The minimum Gasteiger partial charge on any atom is -0.507 e. The summed E-state index contributed by atoms with van der Waals surface area (Å²) in [5.74, 6) is 1.43. The Kier molecular flexibility index (Phi) is 5.00. The lowest BCUT2D eigenvalue weighted by molar-refractivity contribution is 0.446.